The van der Waals surface area contributed by atoms with Crippen LogP contribution in [0, 0.1) is 5.92 Å². The molecule has 0 aromatic heterocycles. The molecule has 2 amide bonds. The number of likely N-dealkylation sites (N-methyl/N-ethyl adjacent to an activating group) is 1. The highest BCUT2D eigenvalue weighted by molar-refractivity contribution is 5.95. The zero-order valence-corrected chi connectivity index (χ0v) is 17.9. The molecule has 2 N–H and O–H groups in total. The lowest BCUT2D eigenvalue weighted by Gasteiger charge is -2.27. The highest BCUT2D eigenvalue weighted by Crippen LogP contribution is 2.20. The number of rotatable bonds is 6. The summed E-state index contributed by atoms with van der Waals surface area (Å²) in [4.78, 5) is 26.9. The van der Waals surface area contributed by atoms with Gasteiger partial charge in [-0.2, -0.15) is 0 Å². The first-order valence-corrected chi connectivity index (χ1v) is 10.1. The third-order valence-electron chi connectivity index (χ3n) is 5.26. The Morgan fingerprint density at radius 1 is 1.10 bits per heavy atom. The highest BCUT2D eigenvalue weighted by Gasteiger charge is 2.24. The monoisotopic (exact) mass is 415 g/mol. The number of halogens is 1. The third kappa shape index (κ3) is 6.31. The predicted octanol–water partition coefficient (Wildman–Crippen LogP) is 4.03. The van der Waals surface area contributed by atoms with E-state index in [1.54, 1.807) is 4.90 Å². The van der Waals surface area contributed by atoms with Crippen molar-refractivity contribution in [1.82, 2.24) is 5.32 Å². The van der Waals surface area contributed by atoms with Gasteiger partial charge in [0.15, 0.2) is 0 Å². The second-order valence-corrected chi connectivity index (χ2v) is 7.41. The predicted molar refractivity (Wildman–Crippen MR) is 121 cm³/mol. The van der Waals surface area contributed by atoms with Crippen molar-refractivity contribution in [1.29, 1.82) is 0 Å². The normalized spacial score (nSPS) is 18.4. The fraction of sp³-hybridized carbons (Fsp3) is 0.391. The van der Waals surface area contributed by atoms with Crippen molar-refractivity contribution in [3.8, 4) is 0 Å². The van der Waals surface area contributed by atoms with Gasteiger partial charge in [0.1, 0.15) is 0 Å². The molecule has 1 aliphatic rings. The first-order valence-electron chi connectivity index (χ1n) is 10.1. The van der Waals surface area contributed by atoms with Crippen molar-refractivity contribution in [2.45, 2.75) is 39.2 Å². The maximum Gasteiger partial charge on any atom is 0.231 e. The van der Waals surface area contributed by atoms with Gasteiger partial charge < -0.3 is 15.5 Å². The van der Waals surface area contributed by atoms with Crippen molar-refractivity contribution in [3.05, 3.63) is 60.2 Å². The van der Waals surface area contributed by atoms with E-state index < -0.39 is 0 Å². The van der Waals surface area contributed by atoms with E-state index in [0.717, 1.165) is 36.3 Å². The average Bonchev–Trinajstić information content (AvgIpc) is 2.71. The van der Waals surface area contributed by atoms with Crippen molar-refractivity contribution >= 4 is 35.6 Å². The molecule has 156 valence electrons. The summed E-state index contributed by atoms with van der Waals surface area (Å²) in [6.45, 7) is 5.60. The fourth-order valence-electron chi connectivity index (χ4n) is 3.70. The van der Waals surface area contributed by atoms with E-state index >= 15 is 0 Å². The lowest BCUT2D eigenvalue weighted by atomic mass is 9.92. The number of nitrogens with zero attached hydrogens (tertiary/aromatic N) is 1. The first-order chi connectivity index (χ1) is 13.6. The van der Waals surface area contributed by atoms with E-state index in [4.69, 9.17) is 0 Å². The maximum absolute atomic E-state index is 12.7. The summed E-state index contributed by atoms with van der Waals surface area (Å²) in [5.74, 6) is 0.203. The van der Waals surface area contributed by atoms with Crippen LogP contribution in [-0.2, 0) is 16.0 Å². The molecule has 0 spiro atoms. The molecule has 2 aromatic rings. The number of carbonyl (C=O) groups is 2. The molecule has 0 aliphatic carbocycles. The molecular weight excluding hydrogens is 386 g/mol. The van der Waals surface area contributed by atoms with E-state index in [-0.39, 0.29) is 30.1 Å². The van der Waals surface area contributed by atoms with Gasteiger partial charge >= 0.3 is 0 Å². The van der Waals surface area contributed by atoms with E-state index in [2.05, 4.69) is 17.6 Å². The number of piperidine rings is 1. The number of para-hydroxylation sites is 1. The van der Waals surface area contributed by atoms with Crippen LogP contribution in [0.25, 0.3) is 0 Å². The minimum atomic E-state index is 0. The molecule has 1 saturated heterocycles. The van der Waals surface area contributed by atoms with E-state index in [1.165, 1.54) is 0 Å². The summed E-state index contributed by atoms with van der Waals surface area (Å²) >= 11 is 0. The molecule has 0 radical (unpaired) electrons. The SMILES string of the molecule is CCN(C(=O)Cc1ccc(NC(=O)[C@H]2CCN[C@@H](C)C2)cc1)c1ccccc1.Cl. The number of anilines is 2. The number of carbonyl (C=O) groups excluding carboxylic acids is 2. The van der Waals surface area contributed by atoms with Gasteiger partial charge in [-0.3, -0.25) is 9.59 Å². The molecule has 3 rings (SSSR count). The summed E-state index contributed by atoms with van der Waals surface area (Å²) in [7, 11) is 0. The molecule has 0 saturated carbocycles. The Balaban J connectivity index is 0.00000300. The Hall–Kier alpha value is -2.37. The number of benzene rings is 2. The van der Waals surface area contributed by atoms with Gasteiger partial charge in [0.25, 0.3) is 0 Å². The van der Waals surface area contributed by atoms with Gasteiger partial charge in [-0.05, 0) is 63.1 Å². The second-order valence-electron chi connectivity index (χ2n) is 7.41. The van der Waals surface area contributed by atoms with E-state index in [1.807, 2.05) is 61.5 Å². The van der Waals surface area contributed by atoms with Gasteiger partial charge in [0.05, 0.1) is 6.42 Å². The summed E-state index contributed by atoms with van der Waals surface area (Å²) < 4.78 is 0. The molecule has 0 unspecified atom stereocenters. The third-order valence-corrected chi connectivity index (χ3v) is 5.26. The van der Waals surface area contributed by atoms with Gasteiger partial charge in [0, 0.05) is 29.9 Å². The van der Waals surface area contributed by atoms with Crippen LogP contribution in [0.2, 0.25) is 0 Å². The van der Waals surface area contributed by atoms with Crippen LogP contribution in [0.1, 0.15) is 32.3 Å². The van der Waals surface area contributed by atoms with Crippen LogP contribution < -0.4 is 15.5 Å². The molecule has 1 heterocycles. The van der Waals surface area contributed by atoms with Crippen LogP contribution in [0.4, 0.5) is 11.4 Å². The standard InChI is InChI=1S/C23H29N3O2.ClH/c1-3-26(21-7-5-4-6-8-21)22(27)16-18-9-11-20(12-10-18)25-23(28)19-13-14-24-17(2)15-19;/h4-12,17,19,24H,3,13-16H2,1-2H3,(H,25,28);1H/t17-,19-;/m0./s1. The molecule has 1 aliphatic heterocycles. The molecular formula is C23H30ClN3O2. The van der Waals surface area contributed by atoms with Crippen LogP contribution in [0.3, 0.4) is 0 Å². The van der Waals surface area contributed by atoms with Gasteiger partial charge in [-0.25, -0.2) is 0 Å². The second kappa shape index (κ2) is 11.0. The Labute approximate surface area is 179 Å². The Morgan fingerprint density at radius 2 is 1.79 bits per heavy atom. The molecule has 6 heteroatoms. The summed E-state index contributed by atoms with van der Waals surface area (Å²) in [5, 5.41) is 6.38. The van der Waals surface area contributed by atoms with Crippen LogP contribution in [0.5, 0.6) is 0 Å². The van der Waals surface area contributed by atoms with E-state index in [9.17, 15) is 9.59 Å². The molecule has 1 fully saturated rings. The van der Waals surface area contributed by atoms with Crippen molar-refractivity contribution in [3.63, 3.8) is 0 Å². The largest absolute Gasteiger partial charge is 0.326 e. The first kappa shape index (κ1) is 22.9. The quantitative estimate of drug-likeness (QED) is 0.748. The Kier molecular flexibility index (Phi) is 8.68. The zero-order valence-electron chi connectivity index (χ0n) is 17.1. The van der Waals surface area contributed by atoms with Crippen molar-refractivity contribution in [2.24, 2.45) is 5.92 Å². The number of nitrogens with one attached hydrogen (secondary N) is 2. The van der Waals surface area contributed by atoms with Gasteiger partial charge in [-0.1, -0.05) is 30.3 Å². The average molecular weight is 416 g/mol. The van der Waals surface area contributed by atoms with Gasteiger partial charge in [-0.15, -0.1) is 12.4 Å². The lowest BCUT2D eigenvalue weighted by molar-refractivity contribution is -0.121. The van der Waals surface area contributed by atoms with E-state index in [0.29, 0.717) is 19.0 Å². The molecule has 5 nitrogen and oxygen atoms in total. The van der Waals surface area contributed by atoms with Crippen LogP contribution >= 0.6 is 12.4 Å². The highest BCUT2D eigenvalue weighted by atomic mass is 35.5. The number of amides is 2. The number of hydrogen-bond donors (Lipinski definition) is 2. The summed E-state index contributed by atoms with van der Waals surface area (Å²) in [5.41, 5.74) is 2.63. The minimum Gasteiger partial charge on any atom is -0.326 e. The zero-order chi connectivity index (χ0) is 19.9. The Morgan fingerprint density at radius 3 is 2.41 bits per heavy atom. The number of hydrogen-bond acceptors (Lipinski definition) is 3. The topological polar surface area (TPSA) is 61.4 Å². The van der Waals surface area contributed by atoms with Crippen molar-refractivity contribution in [2.75, 3.05) is 23.3 Å². The molecule has 2 atom stereocenters. The van der Waals surface area contributed by atoms with Gasteiger partial charge in [0.2, 0.25) is 11.8 Å². The molecule has 29 heavy (non-hydrogen) atoms. The van der Waals surface area contributed by atoms with Crippen LogP contribution in [0.15, 0.2) is 54.6 Å². The summed E-state index contributed by atoms with van der Waals surface area (Å²) in [6, 6.07) is 17.7. The minimum absolute atomic E-state index is 0. The fourth-order valence-corrected chi connectivity index (χ4v) is 3.70. The van der Waals surface area contributed by atoms with Crippen molar-refractivity contribution < 1.29 is 9.59 Å². The maximum atomic E-state index is 12.7. The van der Waals surface area contributed by atoms with Crippen LogP contribution in [-0.4, -0.2) is 30.9 Å². The lowest BCUT2D eigenvalue weighted by Crippen LogP contribution is -2.40. The smallest absolute Gasteiger partial charge is 0.231 e. The molecule has 0 bridgehead atoms. The molecule has 2 aromatic carbocycles. The summed E-state index contributed by atoms with van der Waals surface area (Å²) in [6.07, 6.45) is 2.07. The Bertz CT molecular complexity index is 796.